The zero-order valence-corrected chi connectivity index (χ0v) is 10.8. The van der Waals surface area contributed by atoms with Gasteiger partial charge in [-0.1, -0.05) is 0 Å². The van der Waals surface area contributed by atoms with Gasteiger partial charge < -0.3 is 5.43 Å². The number of rotatable bonds is 3. The molecule has 0 fully saturated rings. The van der Waals surface area contributed by atoms with E-state index in [1.54, 1.807) is 0 Å². The maximum absolute atomic E-state index is 11.9. The van der Waals surface area contributed by atoms with Crippen LogP contribution in [-0.4, -0.2) is 20.9 Å². The Morgan fingerprint density at radius 2 is 2.21 bits per heavy atom. The van der Waals surface area contributed by atoms with E-state index in [0.29, 0.717) is 10.9 Å². The molecule has 0 bridgehead atoms. The number of carbonyl (C=O) groups is 1. The summed E-state index contributed by atoms with van der Waals surface area (Å²) in [5, 5.41) is 3.36. The number of carbonyl (C=O) groups excluding carboxylic acids is 1. The van der Waals surface area contributed by atoms with E-state index in [-0.39, 0.29) is 11.6 Å². The number of nitrogens with one attached hydrogen (secondary N) is 2. The molecule has 0 radical (unpaired) electrons. The molecule has 2 aromatic rings. The van der Waals surface area contributed by atoms with Crippen molar-refractivity contribution in [2.75, 3.05) is 10.7 Å². The van der Waals surface area contributed by atoms with Crippen molar-refractivity contribution in [1.82, 2.24) is 15.0 Å². The highest BCUT2D eigenvalue weighted by Gasteiger charge is 2.18. The van der Waals surface area contributed by atoms with Gasteiger partial charge in [0, 0.05) is 4.88 Å². The maximum atomic E-state index is 11.9. The summed E-state index contributed by atoms with van der Waals surface area (Å²) < 4.78 is 0. The Bertz CT molecular complexity index is 587. The van der Waals surface area contributed by atoms with E-state index in [2.05, 4.69) is 25.7 Å². The zero-order valence-electron chi connectivity index (χ0n) is 10.0. The van der Waals surface area contributed by atoms with Gasteiger partial charge in [-0.25, -0.2) is 20.8 Å². The lowest BCUT2D eigenvalue weighted by atomic mass is 10.4. The number of aromatic nitrogens is 3. The molecular formula is C11H12N6OS. The fourth-order valence-corrected chi connectivity index (χ4v) is 2.97. The lowest BCUT2D eigenvalue weighted by molar-refractivity contribution is 0.102. The first-order valence-corrected chi connectivity index (χ1v) is 6.66. The number of nitrogens with two attached hydrogens (primary N) is 1. The van der Waals surface area contributed by atoms with Gasteiger partial charge in [0.2, 0.25) is 0 Å². The number of amides is 1. The summed E-state index contributed by atoms with van der Waals surface area (Å²) in [6.07, 6.45) is 5.97. The van der Waals surface area contributed by atoms with E-state index in [1.807, 2.05) is 0 Å². The summed E-state index contributed by atoms with van der Waals surface area (Å²) in [5.41, 5.74) is 3.69. The van der Waals surface area contributed by atoms with Crippen LogP contribution in [0.2, 0.25) is 0 Å². The Labute approximate surface area is 113 Å². The van der Waals surface area contributed by atoms with Crippen LogP contribution in [0.15, 0.2) is 12.4 Å². The van der Waals surface area contributed by atoms with Crippen LogP contribution in [0.4, 0.5) is 10.9 Å². The van der Waals surface area contributed by atoms with E-state index in [0.717, 1.165) is 25.0 Å². The molecule has 19 heavy (non-hydrogen) atoms. The lowest BCUT2D eigenvalue weighted by Gasteiger charge is -2.02. The number of fused-ring (bicyclic) bond motifs is 1. The van der Waals surface area contributed by atoms with Gasteiger partial charge in [-0.15, -0.1) is 11.3 Å². The molecule has 0 aromatic carbocycles. The van der Waals surface area contributed by atoms with Crippen molar-refractivity contribution in [2.45, 2.75) is 19.3 Å². The van der Waals surface area contributed by atoms with Crippen LogP contribution < -0.4 is 16.6 Å². The summed E-state index contributed by atoms with van der Waals surface area (Å²) in [6.45, 7) is 0. The van der Waals surface area contributed by atoms with E-state index in [1.165, 1.54) is 28.6 Å². The smallest absolute Gasteiger partial charge is 0.277 e. The second kappa shape index (κ2) is 4.90. The standard InChI is InChI=1S/C11H12N6OS/c12-17-9-5-13-7(4-14-9)10(18)16-11-15-6-2-1-3-8(6)19-11/h4-5H,1-3,12H2,(H,14,17)(H,15,16,18). The Kier molecular flexibility index (Phi) is 3.10. The van der Waals surface area contributed by atoms with Crippen LogP contribution >= 0.6 is 11.3 Å². The lowest BCUT2D eigenvalue weighted by Crippen LogP contribution is -2.15. The monoisotopic (exact) mass is 276 g/mol. The first kappa shape index (κ1) is 12.0. The van der Waals surface area contributed by atoms with Crippen molar-refractivity contribution in [3.05, 3.63) is 28.7 Å². The molecule has 4 N–H and O–H groups in total. The average Bonchev–Trinajstić information content (AvgIpc) is 2.99. The quantitative estimate of drug-likeness (QED) is 0.569. The number of hydrogen-bond acceptors (Lipinski definition) is 7. The molecule has 0 aliphatic heterocycles. The summed E-state index contributed by atoms with van der Waals surface area (Å²) in [5.74, 6) is 5.27. The third kappa shape index (κ3) is 2.40. The summed E-state index contributed by atoms with van der Waals surface area (Å²) >= 11 is 1.53. The van der Waals surface area contributed by atoms with Crippen LogP contribution in [0.5, 0.6) is 0 Å². The second-order valence-corrected chi connectivity index (χ2v) is 5.21. The number of hydrogen-bond donors (Lipinski definition) is 3. The normalized spacial score (nSPS) is 13.1. The molecule has 0 unspecified atom stereocenters. The summed E-state index contributed by atoms with van der Waals surface area (Å²) in [7, 11) is 0. The van der Waals surface area contributed by atoms with Crippen molar-refractivity contribution in [2.24, 2.45) is 5.84 Å². The highest BCUT2D eigenvalue weighted by molar-refractivity contribution is 7.15. The summed E-state index contributed by atoms with van der Waals surface area (Å²) in [4.78, 5) is 25.5. The molecule has 7 nitrogen and oxygen atoms in total. The average molecular weight is 276 g/mol. The third-order valence-electron chi connectivity index (χ3n) is 2.85. The highest BCUT2D eigenvalue weighted by Crippen LogP contribution is 2.30. The van der Waals surface area contributed by atoms with Gasteiger partial charge >= 0.3 is 0 Å². The molecule has 0 saturated carbocycles. The van der Waals surface area contributed by atoms with Gasteiger partial charge in [-0.3, -0.25) is 10.1 Å². The fourth-order valence-electron chi connectivity index (χ4n) is 1.92. The Balaban J connectivity index is 1.72. The van der Waals surface area contributed by atoms with Crippen molar-refractivity contribution in [1.29, 1.82) is 0 Å². The van der Waals surface area contributed by atoms with Gasteiger partial charge in [0.15, 0.2) is 10.9 Å². The molecule has 3 rings (SSSR count). The number of thiazole rings is 1. The Morgan fingerprint density at radius 3 is 2.89 bits per heavy atom. The van der Waals surface area contributed by atoms with E-state index in [9.17, 15) is 4.79 Å². The van der Waals surface area contributed by atoms with Gasteiger partial charge in [0.1, 0.15) is 5.69 Å². The number of aryl methyl sites for hydroxylation is 2. The van der Waals surface area contributed by atoms with Crippen molar-refractivity contribution >= 4 is 28.2 Å². The second-order valence-electron chi connectivity index (χ2n) is 4.13. The third-order valence-corrected chi connectivity index (χ3v) is 3.92. The van der Waals surface area contributed by atoms with Crippen molar-refractivity contribution in [3.63, 3.8) is 0 Å². The van der Waals surface area contributed by atoms with E-state index >= 15 is 0 Å². The van der Waals surface area contributed by atoms with Crippen LogP contribution in [-0.2, 0) is 12.8 Å². The summed E-state index contributed by atoms with van der Waals surface area (Å²) in [6, 6.07) is 0. The number of hydrazine groups is 1. The molecule has 2 aromatic heterocycles. The molecule has 1 amide bonds. The predicted octanol–water partition coefficient (Wildman–Crippen LogP) is 0.960. The molecule has 0 spiro atoms. The molecule has 2 heterocycles. The van der Waals surface area contributed by atoms with E-state index < -0.39 is 0 Å². The van der Waals surface area contributed by atoms with Gasteiger partial charge in [-0.05, 0) is 19.3 Å². The van der Waals surface area contributed by atoms with Crippen LogP contribution in [0.1, 0.15) is 27.5 Å². The minimum absolute atomic E-state index is 0.231. The topological polar surface area (TPSA) is 106 Å². The van der Waals surface area contributed by atoms with E-state index in [4.69, 9.17) is 5.84 Å². The largest absolute Gasteiger partial charge is 0.307 e. The molecule has 1 aliphatic carbocycles. The van der Waals surface area contributed by atoms with Crippen LogP contribution in [0, 0.1) is 0 Å². The zero-order chi connectivity index (χ0) is 13.2. The SMILES string of the molecule is NNc1cnc(C(=O)Nc2nc3c(s2)CCC3)cn1. The fraction of sp³-hybridized carbons (Fsp3) is 0.273. The van der Waals surface area contributed by atoms with Crippen molar-refractivity contribution in [3.8, 4) is 0 Å². The molecule has 1 aliphatic rings. The first-order valence-electron chi connectivity index (χ1n) is 5.85. The van der Waals surface area contributed by atoms with Gasteiger partial charge in [0.25, 0.3) is 5.91 Å². The molecule has 0 saturated heterocycles. The molecule has 0 atom stereocenters. The van der Waals surface area contributed by atoms with Gasteiger partial charge in [0.05, 0.1) is 18.1 Å². The number of anilines is 2. The van der Waals surface area contributed by atoms with Gasteiger partial charge in [-0.2, -0.15) is 0 Å². The number of nitrogens with zero attached hydrogens (tertiary/aromatic N) is 3. The minimum Gasteiger partial charge on any atom is -0.307 e. The highest BCUT2D eigenvalue weighted by atomic mass is 32.1. The van der Waals surface area contributed by atoms with Crippen molar-refractivity contribution < 1.29 is 4.79 Å². The Morgan fingerprint density at radius 1 is 1.32 bits per heavy atom. The Hall–Kier alpha value is -2.06. The first-order chi connectivity index (χ1) is 9.26. The molecular weight excluding hydrogens is 264 g/mol. The van der Waals surface area contributed by atoms with Crippen LogP contribution in [0.3, 0.4) is 0 Å². The minimum atomic E-state index is -0.316. The predicted molar refractivity (Wildman–Crippen MR) is 71.9 cm³/mol. The maximum Gasteiger partial charge on any atom is 0.277 e. The van der Waals surface area contributed by atoms with Crippen LogP contribution in [0.25, 0.3) is 0 Å². The number of nitrogen functional groups attached to an aromatic ring is 1. The molecule has 98 valence electrons. The molecule has 8 heteroatoms.